The molecule has 0 aromatic heterocycles. The molecule has 32 heavy (non-hydrogen) atoms. The Hall–Kier alpha value is -2.16. The summed E-state index contributed by atoms with van der Waals surface area (Å²) >= 11 is 0. The van der Waals surface area contributed by atoms with E-state index in [2.05, 4.69) is 10.2 Å². The van der Waals surface area contributed by atoms with E-state index in [4.69, 9.17) is 4.74 Å². The van der Waals surface area contributed by atoms with Gasteiger partial charge in [0.15, 0.2) is 0 Å². The first-order chi connectivity index (χ1) is 15.0. The van der Waals surface area contributed by atoms with Crippen LogP contribution in [0.1, 0.15) is 65.4 Å². The summed E-state index contributed by atoms with van der Waals surface area (Å²) in [5, 5.41) is 40.6. The monoisotopic (exact) mass is 450 g/mol. The minimum absolute atomic E-state index is 0.338. The first-order valence-electron chi connectivity index (χ1n) is 11.1. The quantitative estimate of drug-likeness (QED) is 0.364. The molecule has 0 radical (unpaired) electrons. The molecule has 3 N–H and O–H groups in total. The smallest absolute Gasteiger partial charge is 0.308 e. The maximum atomic E-state index is 13.2. The lowest BCUT2D eigenvalue weighted by atomic mass is 9.84. The predicted molar refractivity (Wildman–Crippen MR) is 121 cm³/mol. The van der Waals surface area contributed by atoms with Gasteiger partial charge in [0.2, 0.25) is 0 Å². The Morgan fingerprint density at radius 2 is 1.81 bits per heavy atom. The molecule has 0 saturated carbocycles. The van der Waals surface area contributed by atoms with Crippen LogP contribution < -0.4 is 0 Å². The Morgan fingerprint density at radius 3 is 2.47 bits per heavy atom. The van der Waals surface area contributed by atoms with Gasteiger partial charge in [-0.05, 0) is 57.2 Å². The van der Waals surface area contributed by atoms with E-state index in [1.807, 2.05) is 0 Å². The maximum Gasteiger partial charge on any atom is 0.308 e. The molecule has 0 bridgehead atoms. The molecule has 2 rings (SSSR count). The summed E-state index contributed by atoms with van der Waals surface area (Å²) in [7, 11) is 0. The van der Waals surface area contributed by atoms with Gasteiger partial charge in [-0.15, -0.1) is 0 Å². The standard InChI is InChI=1S/C24H35FN2O5/c1-15-6-5-7-20(28)12-13-21(16(2)22(29)24(4,31)14-32-23(15)30)27-26-17(3)18-8-10-19(25)11-9-18/h8-11,15-16,20,22,28-29,31H,5-7,12-14H2,1-4H3/b26-17+,27-21+. The zero-order valence-electron chi connectivity index (χ0n) is 19.3. The van der Waals surface area contributed by atoms with Crippen molar-refractivity contribution in [2.75, 3.05) is 6.61 Å². The average Bonchev–Trinajstić information content (AvgIpc) is 2.76. The molecule has 1 aliphatic heterocycles. The van der Waals surface area contributed by atoms with Crippen LogP contribution in [0.5, 0.6) is 0 Å². The van der Waals surface area contributed by atoms with Crippen LogP contribution in [0.25, 0.3) is 0 Å². The number of ether oxygens (including phenoxy) is 1. The van der Waals surface area contributed by atoms with E-state index >= 15 is 0 Å². The second kappa shape index (κ2) is 11.6. The summed E-state index contributed by atoms with van der Waals surface area (Å²) in [6.07, 6.45) is 0.716. The van der Waals surface area contributed by atoms with E-state index in [9.17, 15) is 24.5 Å². The van der Waals surface area contributed by atoms with Crippen molar-refractivity contribution in [1.29, 1.82) is 0 Å². The van der Waals surface area contributed by atoms with E-state index in [0.29, 0.717) is 49.1 Å². The molecule has 5 unspecified atom stereocenters. The van der Waals surface area contributed by atoms with Crippen molar-refractivity contribution < 1.29 is 29.2 Å². The number of carbonyl (C=O) groups is 1. The Morgan fingerprint density at radius 1 is 1.16 bits per heavy atom. The summed E-state index contributed by atoms with van der Waals surface area (Å²) in [6, 6.07) is 5.88. The number of hydrogen-bond donors (Lipinski definition) is 3. The largest absolute Gasteiger partial charge is 0.462 e. The van der Waals surface area contributed by atoms with Gasteiger partial charge in [-0.3, -0.25) is 4.79 Å². The van der Waals surface area contributed by atoms with Gasteiger partial charge in [-0.25, -0.2) is 4.39 Å². The number of benzene rings is 1. The summed E-state index contributed by atoms with van der Waals surface area (Å²) < 4.78 is 18.4. The lowest BCUT2D eigenvalue weighted by Crippen LogP contribution is -2.49. The fraction of sp³-hybridized carbons (Fsp3) is 0.625. The van der Waals surface area contributed by atoms with Gasteiger partial charge >= 0.3 is 5.97 Å². The number of nitrogens with zero attached hydrogens (tertiary/aromatic N) is 2. The lowest BCUT2D eigenvalue weighted by Gasteiger charge is -2.33. The van der Waals surface area contributed by atoms with Crippen LogP contribution in [-0.4, -0.2) is 57.1 Å². The summed E-state index contributed by atoms with van der Waals surface area (Å²) in [5.41, 5.74) is 0.0929. The zero-order chi connectivity index (χ0) is 23.9. The fourth-order valence-corrected chi connectivity index (χ4v) is 3.66. The Kier molecular flexibility index (Phi) is 9.48. The highest BCUT2D eigenvalue weighted by Gasteiger charge is 2.38. The number of hydrogen-bond acceptors (Lipinski definition) is 7. The van der Waals surface area contributed by atoms with Crippen LogP contribution in [0.4, 0.5) is 4.39 Å². The van der Waals surface area contributed by atoms with Crippen LogP contribution in [-0.2, 0) is 9.53 Å². The van der Waals surface area contributed by atoms with Crippen molar-refractivity contribution in [1.82, 2.24) is 0 Å². The topological polar surface area (TPSA) is 112 Å². The first kappa shape index (κ1) is 26.1. The number of aliphatic hydroxyl groups excluding tert-OH is 2. The molecule has 1 saturated heterocycles. The molecule has 1 aromatic carbocycles. The zero-order valence-corrected chi connectivity index (χ0v) is 19.3. The highest BCUT2D eigenvalue weighted by molar-refractivity contribution is 5.99. The van der Waals surface area contributed by atoms with Crippen molar-refractivity contribution in [3.05, 3.63) is 35.6 Å². The molecule has 178 valence electrons. The highest BCUT2D eigenvalue weighted by Crippen LogP contribution is 2.24. The second-order valence-corrected chi connectivity index (χ2v) is 9.01. The van der Waals surface area contributed by atoms with Gasteiger partial charge in [0, 0.05) is 11.6 Å². The van der Waals surface area contributed by atoms with Gasteiger partial charge in [0.1, 0.15) is 18.0 Å². The summed E-state index contributed by atoms with van der Waals surface area (Å²) in [6.45, 7) is 6.28. The summed E-state index contributed by atoms with van der Waals surface area (Å²) in [4.78, 5) is 12.2. The second-order valence-electron chi connectivity index (χ2n) is 9.01. The molecule has 1 heterocycles. The molecule has 0 aliphatic carbocycles. The third-order valence-corrected chi connectivity index (χ3v) is 6.04. The molecular weight excluding hydrogens is 415 g/mol. The van der Waals surface area contributed by atoms with Crippen molar-refractivity contribution in [3.8, 4) is 0 Å². The van der Waals surface area contributed by atoms with Gasteiger partial charge < -0.3 is 20.1 Å². The number of esters is 1. The third-order valence-electron chi connectivity index (χ3n) is 6.04. The van der Waals surface area contributed by atoms with Gasteiger partial charge in [-0.1, -0.05) is 32.4 Å². The van der Waals surface area contributed by atoms with E-state index in [0.717, 1.165) is 0 Å². The molecule has 5 atom stereocenters. The lowest BCUT2D eigenvalue weighted by molar-refractivity contribution is -0.164. The molecule has 0 amide bonds. The predicted octanol–water partition coefficient (Wildman–Crippen LogP) is 3.24. The normalized spacial score (nSPS) is 32.9. The molecule has 0 spiro atoms. The number of carbonyl (C=O) groups excluding carboxylic acids is 1. The van der Waals surface area contributed by atoms with Crippen LogP contribution in [0.3, 0.4) is 0 Å². The van der Waals surface area contributed by atoms with E-state index in [1.54, 1.807) is 32.9 Å². The van der Waals surface area contributed by atoms with Crippen LogP contribution in [0.15, 0.2) is 34.5 Å². The minimum atomic E-state index is -1.69. The van der Waals surface area contributed by atoms with Gasteiger partial charge in [-0.2, -0.15) is 10.2 Å². The third kappa shape index (κ3) is 7.46. The highest BCUT2D eigenvalue weighted by atomic mass is 19.1. The molecule has 1 aliphatic rings. The van der Waals surface area contributed by atoms with Crippen molar-refractivity contribution >= 4 is 17.4 Å². The number of aliphatic hydroxyl groups is 3. The minimum Gasteiger partial charge on any atom is -0.462 e. The Balaban J connectivity index is 2.30. The summed E-state index contributed by atoms with van der Waals surface area (Å²) in [5.74, 6) is -1.75. The van der Waals surface area contributed by atoms with E-state index in [-0.39, 0.29) is 18.3 Å². The number of cyclic esters (lactones) is 1. The van der Waals surface area contributed by atoms with Crippen LogP contribution in [0, 0.1) is 17.7 Å². The number of halogens is 1. The molecule has 1 fully saturated rings. The SMILES string of the molecule is C/C(=N\N=C1/CCC(O)CCCC(C)C(=O)OCC(C)(O)C(O)C1C)c1ccc(F)cc1. The molecule has 1 aromatic rings. The molecule has 7 nitrogen and oxygen atoms in total. The molecule has 8 heteroatoms. The maximum absolute atomic E-state index is 13.2. The number of rotatable bonds is 2. The Bertz CT molecular complexity index is 822. The van der Waals surface area contributed by atoms with Crippen molar-refractivity contribution in [3.63, 3.8) is 0 Å². The van der Waals surface area contributed by atoms with Crippen molar-refractivity contribution in [2.45, 2.75) is 77.6 Å². The first-order valence-corrected chi connectivity index (χ1v) is 11.1. The van der Waals surface area contributed by atoms with Crippen LogP contribution in [0.2, 0.25) is 0 Å². The van der Waals surface area contributed by atoms with Gasteiger partial charge in [0.25, 0.3) is 0 Å². The fourth-order valence-electron chi connectivity index (χ4n) is 3.66. The average molecular weight is 451 g/mol. The van der Waals surface area contributed by atoms with Crippen molar-refractivity contribution in [2.24, 2.45) is 22.0 Å². The Labute approximate surface area is 189 Å². The van der Waals surface area contributed by atoms with E-state index < -0.39 is 29.7 Å². The van der Waals surface area contributed by atoms with E-state index in [1.165, 1.54) is 19.1 Å². The van der Waals surface area contributed by atoms with Gasteiger partial charge in [0.05, 0.1) is 23.8 Å². The molecular formula is C24H35FN2O5. The van der Waals surface area contributed by atoms with Crippen LogP contribution >= 0.6 is 0 Å².